The Balaban J connectivity index is 1.62. The largest absolute Gasteiger partial charge is 0.507 e. The van der Waals surface area contributed by atoms with Gasteiger partial charge in [0.25, 0.3) is 11.7 Å². The number of amides is 1. The third kappa shape index (κ3) is 7.43. The minimum Gasteiger partial charge on any atom is -0.507 e. The highest BCUT2D eigenvalue weighted by molar-refractivity contribution is 6.46. The van der Waals surface area contributed by atoms with Crippen LogP contribution >= 0.6 is 0 Å². The lowest BCUT2D eigenvalue weighted by atomic mass is 9.95. The zero-order chi connectivity index (χ0) is 28.3. The van der Waals surface area contributed by atoms with E-state index in [4.69, 9.17) is 14.2 Å². The summed E-state index contributed by atoms with van der Waals surface area (Å²) < 4.78 is 17.1. The van der Waals surface area contributed by atoms with E-state index in [0.29, 0.717) is 50.7 Å². The molecule has 1 unspecified atom stereocenters. The smallest absolute Gasteiger partial charge is 0.295 e. The van der Waals surface area contributed by atoms with Crippen LogP contribution in [-0.4, -0.2) is 79.2 Å². The minimum atomic E-state index is -0.695. The Bertz CT molecular complexity index is 1160. The highest BCUT2D eigenvalue weighted by Gasteiger charge is 2.45. The molecule has 4 rings (SSSR count). The molecule has 0 bridgehead atoms. The SMILES string of the molecule is CCCCCOc1ccc(C2/C(=C(\O)c3cccc(OCCC)c3)C(=O)C(=O)N2CCCN2CCOCC2)cc1. The van der Waals surface area contributed by atoms with Gasteiger partial charge < -0.3 is 24.2 Å². The van der Waals surface area contributed by atoms with E-state index in [0.717, 1.165) is 56.6 Å². The number of aliphatic hydroxyl groups excluding tert-OH is 1. The van der Waals surface area contributed by atoms with Crippen molar-refractivity contribution >= 4 is 17.4 Å². The predicted molar refractivity (Wildman–Crippen MR) is 155 cm³/mol. The van der Waals surface area contributed by atoms with E-state index in [9.17, 15) is 14.7 Å². The normalized spacial score (nSPS) is 19.2. The maximum absolute atomic E-state index is 13.4. The van der Waals surface area contributed by atoms with Crippen LogP contribution < -0.4 is 9.47 Å². The molecule has 2 aliphatic rings. The number of nitrogens with zero attached hydrogens (tertiary/aromatic N) is 2. The van der Waals surface area contributed by atoms with E-state index in [1.54, 1.807) is 23.1 Å². The Morgan fingerprint density at radius 2 is 1.65 bits per heavy atom. The highest BCUT2D eigenvalue weighted by Crippen LogP contribution is 2.40. The van der Waals surface area contributed by atoms with Crippen molar-refractivity contribution in [3.05, 3.63) is 65.2 Å². The first-order valence-electron chi connectivity index (χ1n) is 14.6. The second kappa shape index (κ2) is 14.9. The number of ether oxygens (including phenoxy) is 3. The molecule has 1 amide bonds. The van der Waals surface area contributed by atoms with Crippen LogP contribution in [0.2, 0.25) is 0 Å². The van der Waals surface area contributed by atoms with Gasteiger partial charge in [0.2, 0.25) is 0 Å². The topological polar surface area (TPSA) is 88.5 Å². The van der Waals surface area contributed by atoms with Crippen molar-refractivity contribution in [3.8, 4) is 11.5 Å². The van der Waals surface area contributed by atoms with Gasteiger partial charge in [0.1, 0.15) is 17.3 Å². The summed E-state index contributed by atoms with van der Waals surface area (Å²) in [4.78, 5) is 30.7. The van der Waals surface area contributed by atoms with E-state index in [2.05, 4.69) is 11.8 Å². The fraction of sp³-hybridized carbons (Fsp3) is 0.500. The summed E-state index contributed by atoms with van der Waals surface area (Å²) in [6.45, 7) is 9.70. The molecule has 2 aromatic carbocycles. The number of rotatable bonds is 14. The lowest BCUT2D eigenvalue weighted by Gasteiger charge is -2.29. The monoisotopic (exact) mass is 550 g/mol. The van der Waals surface area contributed by atoms with Crippen LogP contribution in [0, 0.1) is 0 Å². The van der Waals surface area contributed by atoms with Gasteiger partial charge in [-0.3, -0.25) is 14.5 Å². The number of carbonyl (C=O) groups is 2. The molecule has 8 heteroatoms. The molecule has 2 aliphatic heterocycles. The van der Waals surface area contributed by atoms with Crippen LogP contribution in [0.4, 0.5) is 0 Å². The average molecular weight is 551 g/mol. The van der Waals surface area contributed by atoms with Crippen LogP contribution in [0.25, 0.3) is 5.76 Å². The molecular formula is C32H42N2O6. The zero-order valence-corrected chi connectivity index (χ0v) is 23.8. The number of hydrogen-bond donors (Lipinski definition) is 1. The van der Waals surface area contributed by atoms with Gasteiger partial charge >= 0.3 is 0 Å². The van der Waals surface area contributed by atoms with Crippen LogP contribution in [0.1, 0.15) is 63.1 Å². The third-order valence-electron chi connectivity index (χ3n) is 7.31. The van der Waals surface area contributed by atoms with Crippen LogP contribution in [0.3, 0.4) is 0 Å². The molecule has 0 aromatic heterocycles. The second-order valence-electron chi connectivity index (χ2n) is 10.3. The number of ketones is 1. The van der Waals surface area contributed by atoms with Crippen molar-refractivity contribution in [1.82, 2.24) is 9.80 Å². The Labute approximate surface area is 237 Å². The summed E-state index contributed by atoms with van der Waals surface area (Å²) in [6.07, 6.45) is 4.79. The second-order valence-corrected chi connectivity index (χ2v) is 10.3. The Kier molecular flexibility index (Phi) is 11.0. The number of morpholine rings is 1. The first-order chi connectivity index (χ1) is 19.5. The lowest BCUT2D eigenvalue weighted by Crippen LogP contribution is -2.38. The molecule has 216 valence electrons. The molecular weight excluding hydrogens is 508 g/mol. The Morgan fingerprint density at radius 3 is 2.38 bits per heavy atom. The summed E-state index contributed by atoms with van der Waals surface area (Å²) in [5, 5.41) is 11.4. The van der Waals surface area contributed by atoms with Gasteiger partial charge in [-0.1, -0.05) is 51.0 Å². The lowest BCUT2D eigenvalue weighted by molar-refractivity contribution is -0.140. The van der Waals surface area contributed by atoms with Crippen LogP contribution in [0.15, 0.2) is 54.1 Å². The summed E-state index contributed by atoms with van der Waals surface area (Å²) >= 11 is 0. The van der Waals surface area contributed by atoms with E-state index >= 15 is 0 Å². The van der Waals surface area contributed by atoms with E-state index < -0.39 is 17.7 Å². The Hall–Kier alpha value is -3.36. The Morgan fingerprint density at radius 1 is 0.900 bits per heavy atom. The highest BCUT2D eigenvalue weighted by atomic mass is 16.5. The summed E-state index contributed by atoms with van der Waals surface area (Å²) in [7, 11) is 0. The maximum Gasteiger partial charge on any atom is 0.295 e. The third-order valence-corrected chi connectivity index (χ3v) is 7.31. The molecule has 8 nitrogen and oxygen atoms in total. The van der Waals surface area contributed by atoms with E-state index in [-0.39, 0.29) is 11.3 Å². The fourth-order valence-electron chi connectivity index (χ4n) is 5.14. The first kappa shape index (κ1) is 29.6. The molecule has 1 atom stereocenters. The number of hydrogen-bond acceptors (Lipinski definition) is 7. The molecule has 0 radical (unpaired) electrons. The van der Waals surface area contributed by atoms with Gasteiger partial charge in [-0.15, -0.1) is 0 Å². The van der Waals surface area contributed by atoms with Gasteiger partial charge in [-0.2, -0.15) is 0 Å². The van der Waals surface area contributed by atoms with Gasteiger partial charge in [-0.25, -0.2) is 0 Å². The van der Waals surface area contributed by atoms with Crippen molar-refractivity contribution in [3.63, 3.8) is 0 Å². The number of likely N-dealkylation sites (tertiary alicyclic amines) is 1. The van der Waals surface area contributed by atoms with Gasteiger partial charge in [-0.05, 0) is 49.1 Å². The quantitative estimate of drug-likeness (QED) is 0.150. The summed E-state index contributed by atoms with van der Waals surface area (Å²) in [5.74, 6) is -0.113. The molecule has 0 saturated carbocycles. The van der Waals surface area contributed by atoms with E-state index in [1.165, 1.54) is 0 Å². The average Bonchev–Trinajstić information content (AvgIpc) is 3.24. The molecule has 40 heavy (non-hydrogen) atoms. The molecule has 2 aromatic rings. The van der Waals surface area contributed by atoms with Crippen molar-refractivity contribution in [2.75, 3.05) is 52.6 Å². The number of unbranched alkanes of at least 4 members (excludes halogenated alkanes) is 2. The maximum atomic E-state index is 13.4. The summed E-state index contributed by atoms with van der Waals surface area (Å²) in [6, 6.07) is 13.8. The van der Waals surface area contributed by atoms with E-state index in [1.807, 2.05) is 37.3 Å². The molecule has 2 fully saturated rings. The first-order valence-corrected chi connectivity index (χ1v) is 14.6. The fourth-order valence-corrected chi connectivity index (χ4v) is 5.14. The zero-order valence-electron chi connectivity index (χ0n) is 23.8. The number of aliphatic hydroxyl groups is 1. The number of Topliss-reactive ketones (excluding diaryl/α,β-unsaturated/α-hetero) is 1. The van der Waals surface area contributed by atoms with Gasteiger partial charge in [0.05, 0.1) is 38.0 Å². The molecule has 2 saturated heterocycles. The standard InChI is InChI=1S/C32H42N2O6/c1-3-5-6-20-40-26-13-11-24(12-14-26)29-28(30(35)25-9-7-10-27(23-25)39-19-4-2)31(36)32(37)34(29)16-8-15-33-17-21-38-22-18-33/h7,9-14,23,29,35H,3-6,8,15-22H2,1-2H3/b30-28+. The van der Waals surface area contributed by atoms with Crippen molar-refractivity contribution < 1.29 is 28.9 Å². The molecule has 0 aliphatic carbocycles. The van der Waals surface area contributed by atoms with Crippen molar-refractivity contribution in [1.29, 1.82) is 0 Å². The van der Waals surface area contributed by atoms with Crippen molar-refractivity contribution in [2.24, 2.45) is 0 Å². The van der Waals surface area contributed by atoms with Crippen LogP contribution in [0.5, 0.6) is 11.5 Å². The van der Waals surface area contributed by atoms with Gasteiger partial charge in [0, 0.05) is 31.7 Å². The predicted octanol–water partition coefficient (Wildman–Crippen LogP) is 5.19. The van der Waals surface area contributed by atoms with Gasteiger partial charge in [0.15, 0.2) is 0 Å². The van der Waals surface area contributed by atoms with Crippen molar-refractivity contribution in [2.45, 2.75) is 52.0 Å². The molecule has 1 N–H and O–H groups in total. The van der Waals surface area contributed by atoms with Crippen LogP contribution in [-0.2, 0) is 14.3 Å². The number of benzene rings is 2. The molecule has 2 heterocycles. The summed E-state index contributed by atoms with van der Waals surface area (Å²) in [5.41, 5.74) is 1.30. The number of carbonyl (C=O) groups excluding carboxylic acids is 2. The molecule has 0 spiro atoms. The minimum absolute atomic E-state index is 0.0978.